The molecule has 0 saturated carbocycles. The van der Waals surface area contributed by atoms with Crippen molar-refractivity contribution in [3.8, 4) is 0 Å². The van der Waals surface area contributed by atoms with Crippen molar-refractivity contribution >= 4 is 11.3 Å². The van der Waals surface area contributed by atoms with Gasteiger partial charge in [0.2, 0.25) is 0 Å². The van der Waals surface area contributed by atoms with Crippen molar-refractivity contribution in [3.63, 3.8) is 0 Å². The summed E-state index contributed by atoms with van der Waals surface area (Å²) in [5, 5.41) is 3.57. The lowest BCUT2D eigenvalue weighted by atomic mass is 10.1. The molecule has 0 amide bonds. The van der Waals surface area contributed by atoms with E-state index in [1.54, 1.807) is 0 Å². The van der Waals surface area contributed by atoms with Gasteiger partial charge in [-0.05, 0) is 53.2 Å². The molecule has 1 aliphatic heterocycles. The van der Waals surface area contributed by atoms with Crippen LogP contribution in [0.1, 0.15) is 49.9 Å². The summed E-state index contributed by atoms with van der Waals surface area (Å²) >= 11 is 1.92. The Bertz CT molecular complexity index is 454. The lowest BCUT2D eigenvalue weighted by Crippen LogP contribution is -2.44. The number of rotatable bonds is 4. The molecular formula is C17H30N2OS. The average Bonchev–Trinajstić information content (AvgIpc) is 2.65. The maximum absolute atomic E-state index is 5.82. The van der Waals surface area contributed by atoms with Crippen LogP contribution in [0.3, 0.4) is 0 Å². The Hall–Kier alpha value is -0.420. The highest BCUT2D eigenvalue weighted by atomic mass is 32.1. The Kier molecular flexibility index (Phi) is 5.47. The second kappa shape index (κ2) is 6.78. The molecule has 1 aromatic heterocycles. The van der Waals surface area contributed by atoms with E-state index in [0.717, 1.165) is 26.2 Å². The molecule has 2 atom stereocenters. The van der Waals surface area contributed by atoms with E-state index >= 15 is 0 Å². The molecule has 4 heteroatoms. The number of aryl methyl sites for hydroxylation is 1. The number of thiophene rings is 1. The van der Waals surface area contributed by atoms with E-state index in [-0.39, 0.29) is 5.54 Å². The standard InChI is InChI=1S/C17H30N2OS/c1-12-9-19(10-13(2)20-12)11-15-7-16(21-14(15)3)8-18-17(4,5)6/h7,12-13,18H,8-11H2,1-6H3/t12-,13+. The minimum atomic E-state index is 0.174. The summed E-state index contributed by atoms with van der Waals surface area (Å²) in [4.78, 5) is 5.41. The van der Waals surface area contributed by atoms with Crippen LogP contribution in [0.25, 0.3) is 0 Å². The van der Waals surface area contributed by atoms with Crippen LogP contribution in [0.5, 0.6) is 0 Å². The van der Waals surface area contributed by atoms with E-state index in [2.05, 4.69) is 57.8 Å². The van der Waals surface area contributed by atoms with Crippen molar-refractivity contribution in [1.29, 1.82) is 0 Å². The van der Waals surface area contributed by atoms with Gasteiger partial charge in [-0.2, -0.15) is 0 Å². The van der Waals surface area contributed by atoms with Crippen molar-refractivity contribution in [1.82, 2.24) is 10.2 Å². The molecule has 0 aliphatic carbocycles. The van der Waals surface area contributed by atoms with Crippen molar-refractivity contribution in [2.24, 2.45) is 0 Å². The fraction of sp³-hybridized carbons (Fsp3) is 0.765. The zero-order valence-electron chi connectivity index (χ0n) is 14.3. The van der Waals surface area contributed by atoms with Gasteiger partial charge in [-0.3, -0.25) is 4.90 Å². The smallest absolute Gasteiger partial charge is 0.0678 e. The first-order chi connectivity index (χ1) is 9.73. The highest BCUT2D eigenvalue weighted by molar-refractivity contribution is 7.12. The van der Waals surface area contributed by atoms with Gasteiger partial charge >= 0.3 is 0 Å². The molecule has 1 aliphatic rings. The molecule has 1 N–H and O–H groups in total. The zero-order chi connectivity index (χ0) is 15.6. The number of nitrogens with one attached hydrogen (secondary N) is 1. The number of hydrogen-bond donors (Lipinski definition) is 1. The fourth-order valence-corrected chi connectivity index (χ4v) is 3.83. The summed E-state index contributed by atoms with van der Waals surface area (Å²) < 4.78 is 5.82. The molecule has 0 bridgehead atoms. The Balaban J connectivity index is 1.96. The van der Waals surface area contributed by atoms with Crippen LogP contribution >= 0.6 is 11.3 Å². The van der Waals surface area contributed by atoms with Crippen molar-refractivity contribution in [2.75, 3.05) is 13.1 Å². The molecule has 1 saturated heterocycles. The molecule has 0 unspecified atom stereocenters. The summed E-state index contributed by atoms with van der Waals surface area (Å²) in [7, 11) is 0. The van der Waals surface area contributed by atoms with E-state index in [4.69, 9.17) is 4.74 Å². The van der Waals surface area contributed by atoms with Crippen molar-refractivity contribution in [3.05, 3.63) is 21.4 Å². The van der Waals surface area contributed by atoms with Crippen LogP contribution in [0.2, 0.25) is 0 Å². The number of nitrogens with zero attached hydrogens (tertiary/aromatic N) is 1. The third kappa shape index (κ3) is 5.37. The van der Waals surface area contributed by atoms with E-state index in [1.807, 2.05) is 11.3 Å². The quantitative estimate of drug-likeness (QED) is 0.920. The SMILES string of the molecule is Cc1sc(CNC(C)(C)C)cc1CN1C[C@@H](C)O[C@@H](C)C1. The van der Waals surface area contributed by atoms with Gasteiger partial charge in [0.15, 0.2) is 0 Å². The Morgan fingerprint density at radius 2 is 1.90 bits per heavy atom. The van der Waals surface area contributed by atoms with Gasteiger partial charge in [-0.15, -0.1) is 11.3 Å². The maximum Gasteiger partial charge on any atom is 0.0678 e. The fourth-order valence-electron chi connectivity index (χ4n) is 2.84. The molecule has 1 aromatic rings. The molecule has 2 heterocycles. The van der Waals surface area contributed by atoms with E-state index in [9.17, 15) is 0 Å². The molecule has 2 rings (SSSR count). The Morgan fingerprint density at radius 1 is 1.29 bits per heavy atom. The largest absolute Gasteiger partial charge is 0.373 e. The normalized spacial score (nSPS) is 24.5. The van der Waals surface area contributed by atoms with Crippen LogP contribution in [-0.2, 0) is 17.8 Å². The molecule has 3 nitrogen and oxygen atoms in total. The molecule has 0 spiro atoms. The first kappa shape index (κ1) is 16.9. The molecular weight excluding hydrogens is 280 g/mol. The summed E-state index contributed by atoms with van der Waals surface area (Å²) in [5.74, 6) is 0. The lowest BCUT2D eigenvalue weighted by Gasteiger charge is -2.35. The molecule has 21 heavy (non-hydrogen) atoms. The van der Waals surface area contributed by atoms with Crippen LogP contribution < -0.4 is 5.32 Å². The summed E-state index contributed by atoms with van der Waals surface area (Å²) in [6.07, 6.45) is 0.685. The topological polar surface area (TPSA) is 24.5 Å². The van der Waals surface area contributed by atoms with Crippen molar-refractivity contribution < 1.29 is 4.74 Å². The van der Waals surface area contributed by atoms with Crippen LogP contribution in [0.15, 0.2) is 6.07 Å². The first-order valence-corrected chi connectivity index (χ1v) is 8.75. The van der Waals surface area contributed by atoms with E-state index < -0.39 is 0 Å². The van der Waals surface area contributed by atoms with Crippen LogP contribution in [0, 0.1) is 6.92 Å². The predicted octanol–water partition coefficient (Wildman–Crippen LogP) is 3.55. The van der Waals surface area contributed by atoms with Gasteiger partial charge in [0.1, 0.15) is 0 Å². The van der Waals surface area contributed by atoms with Gasteiger partial charge < -0.3 is 10.1 Å². The Labute approximate surface area is 133 Å². The first-order valence-electron chi connectivity index (χ1n) is 7.94. The van der Waals surface area contributed by atoms with E-state index in [0.29, 0.717) is 12.2 Å². The number of ether oxygens (including phenoxy) is 1. The van der Waals surface area contributed by atoms with Gasteiger partial charge in [-0.1, -0.05) is 0 Å². The molecule has 1 fully saturated rings. The molecule has 120 valence electrons. The van der Waals surface area contributed by atoms with Crippen molar-refractivity contribution in [2.45, 2.75) is 72.4 Å². The highest BCUT2D eigenvalue weighted by Crippen LogP contribution is 2.24. The number of morpholine rings is 1. The average molecular weight is 311 g/mol. The van der Waals surface area contributed by atoms with Gasteiger partial charge in [0, 0.05) is 41.5 Å². The maximum atomic E-state index is 5.82. The number of hydrogen-bond acceptors (Lipinski definition) is 4. The second-order valence-electron chi connectivity index (χ2n) is 7.35. The molecule has 0 aromatic carbocycles. The van der Waals surface area contributed by atoms with Gasteiger partial charge in [0.05, 0.1) is 12.2 Å². The Morgan fingerprint density at radius 3 is 2.48 bits per heavy atom. The minimum absolute atomic E-state index is 0.174. The third-order valence-electron chi connectivity index (χ3n) is 3.75. The van der Waals surface area contributed by atoms with Gasteiger partial charge in [-0.25, -0.2) is 0 Å². The third-order valence-corrected chi connectivity index (χ3v) is 4.85. The summed E-state index contributed by atoms with van der Waals surface area (Å²) in [5.41, 5.74) is 1.65. The molecule has 0 radical (unpaired) electrons. The monoisotopic (exact) mass is 310 g/mol. The second-order valence-corrected chi connectivity index (χ2v) is 8.69. The van der Waals surface area contributed by atoms with E-state index in [1.165, 1.54) is 15.3 Å². The lowest BCUT2D eigenvalue weighted by molar-refractivity contribution is -0.0705. The highest BCUT2D eigenvalue weighted by Gasteiger charge is 2.23. The zero-order valence-corrected chi connectivity index (χ0v) is 15.1. The summed E-state index contributed by atoms with van der Waals surface area (Å²) in [6.45, 7) is 17.3. The predicted molar refractivity (Wildman–Crippen MR) is 90.9 cm³/mol. The van der Waals surface area contributed by atoms with Crippen LogP contribution in [-0.4, -0.2) is 35.7 Å². The van der Waals surface area contributed by atoms with Gasteiger partial charge in [0.25, 0.3) is 0 Å². The summed E-state index contributed by atoms with van der Waals surface area (Å²) in [6, 6.07) is 2.38. The minimum Gasteiger partial charge on any atom is -0.373 e. The van der Waals surface area contributed by atoms with Crippen LogP contribution in [0.4, 0.5) is 0 Å².